The number of methoxy groups -OCH3 is 1. The van der Waals surface area contributed by atoms with E-state index in [1.54, 1.807) is 36.2 Å². The van der Waals surface area contributed by atoms with Crippen molar-refractivity contribution in [3.05, 3.63) is 41.7 Å². The van der Waals surface area contributed by atoms with E-state index in [0.717, 1.165) is 24.9 Å². The number of rotatable bonds is 6. The second-order valence-corrected chi connectivity index (χ2v) is 7.47. The molecule has 0 bridgehead atoms. The zero-order valence-electron chi connectivity index (χ0n) is 16.1. The van der Waals surface area contributed by atoms with Gasteiger partial charge in [0.2, 0.25) is 5.91 Å². The van der Waals surface area contributed by atoms with E-state index in [-0.39, 0.29) is 29.7 Å². The lowest BCUT2D eigenvalue weighted by molar-refractivity contribution is -0.119. The fourth-order valence-corrected chi connectivity index (χ4v) is 3.60. The molecule has 0 radical (unpaired) electrons. The summed E-state index contributed by atoms with van der Waals surface area (Å²) >= 11 is 0. The van der Waals surface area contributed by atoms with Gasteiger partial charge in [0.15, 0.2) is 0 Å². The van der Waals surface area contributed by atoms with Crippen LogP contribution in [0, 0.1) is 5.92 Å². The van der Waals surface area contributed by atoms with E-state index >= 15 is 0 Å². The average Bonchev–Trinajstić information content (AvgIpc) is 3.18. The lowest BCUT2D eigenvalue weighted by Gasteiger charge is -2.19. The van der Waals surface area contributed by atoms with Crippen molar-refractivity contribution in [2.24, 2.45) is 13.0 Å². The van der Waals surface area contributed by atoms with Gasteiger partial charge in [-0.1, -0.05) is 0 Å². The minimum absolute atomic E-state index is 0.0516. The Morgan fingerprint density at radius 3 is 2.79 bits per heavy atom. The van der Waals surface area contributed by atoms with E-state index < -0.39 is 0 Å². The molecule has 1 aliphatic carbocycles. The molecule has 1 aromatic carbocycles. The highest BCUT2D eigenvalue weighted by atomic mass is 16.5. The molecule has 8 nitrogen and oxygen atoms in total. The highest BCUT2D eigenvalue weighted by Crippen LogP contribution is 2.30. The SMILES string of the molecule is COc1ccc(NC(=O)[C@H]2CNC[C@@H]2c2cnn(C)c2)c(C(=O)NC2CC2)c1. The number of aromatic nitrogens is 2. The van der Waals surface area contributed by atoms with Crippen LogP contribution >= 0.6 is 0 Å². The molecule has 0 unspecified atom stereocenters. The van der Waals surface area contributed by atoms with Crippen molar-refractivity contribution < 1.29 is 14.3 Å². The quantitative estimate of drug-likeness (QED) is 0.698. The first kappa shape index (κ1) is 18.5. The zero-order valence-corrected chi connectivity index (χ0v) is 16.1. The number of ether oxygens (including phenoxy) is 1. The lowest BCUT2D eigenvalue weighted by atomic mass is 9.90. The summed E-state index contributed by atoms with van der Waals surface area (Å²) < 4.78 is 6.99. The van der Waals surface area contributed by atoms with Gasteiger partial charge in [0.25, 0.3) is 5.91 Å². The molecule has 1 saturated carbocycles. The van der Waals surface area contributed by atoms with Gasteiger partial charge in [0.1, 0.15) is 5.75 Å². The Morgan fingerprint density at radius 1 is 1.29 bits per heavy atom. The first-order valence-corrected chi connectivity index (χ1v) is 9.54. The summed E-state index contributed by atoms with van der Waals surface area (Å²) in [4.78, 5) is 25.7. The Kier molecular flexibility index (Phi) is 5.04. The molecule has 1 saturated heterocycles. The monoisotopic (exact) mass is 383 g/mol. The number of carbonyl (C=O) groups excluding carboxylic acids is 2. The maximum atomic E-state index is 13.0. The van der Waals surface area contributed by atoms with E-state index in [1.165, 1.54) is 0 Å². The van der Waals surface area contributed by atoms with Crippen molar-refractivity contribution in [1.29, 1.82) is 0 Å². The number of aryl methyl sites for hydroxylation is 1. The van der Waals surface area contributed by atoms with Crippen molar-refractivity contribution in [2.75, 3.05) is 25.5 Å². The molecular formula is C20H25N5O3. The molecular weight excluding hydrogens is 358 g/mol. The van der Waals surface area contributed by atoms with E-state index in [9.17, 15) is 9.59 Å². The molecule has 1 aromatic heterocycles. The standard InChI is InChI=1S/C20H25N5O3/c1-25-11-12(8-22-25)16-9-21-10-17(16)20(27)24-18-6-5-14(28-2)7-15(18)19(26)23-13-3-4-13/h5-8,11,13,16-17,21H,3-4,9-10H2,1-2H3,(H,23,26)(H,24,27)/t16-,17+/m1/s1. The Bertz CT molecular complexity index is 890. The maximum Gasteiger partial charge on any atom is 0.253 e. The van der Waals surface area contributed by atoms with Crippen molar-refractivity contribution in [3.8, 4) is 5.75 Å². The molecule has 2 fully saturated rings. The number of hydrogen-bond donors (Lipinski definition) is 3. The minimum atomic E-state index is -0.231. The summed E-state index contributed by atoms with van der Waals surface area (Å²) in [6, 6.07) is 5.37. The van der Waals surface area contributed by atoms with Crippen LogP contribution in [0.1, 0.15) is 34.7 Å². The molecule has 3 N–H and O–H groups in total. The Labute approximate surface area is 163 Å². The third-order valence-corrected chi connectivity index (χ3v) is 5.35. The van der Waals surface area contributed by atoms with Gasteiger partial charge in [-0.3, -0.25) is 14.3 Å². The van der Waals surface area contributed by atoms with E-state index in [0.29, 0.717) is 23.5 Å². The van der Waals surface area contributed by atoms with Gasteiger partial charge in [-0.15, -0.1) is 0 Å². The number of nitrogens with zero attached hydrogens (tertiary/aromatic N) is 2. The van der Waals surface area contributed by atoms with Crippen LogP contribution in [0.2, 0.25) is 0 Å². The van der Waals surface area contributed by atoms with E-state index in [4.69, 9.17) is 4.74 Å². The summed E-state index contributed by atoms with van der Waals surface area (Å²) in [6.45, 7) is 1.31. The number of nitrogens with one attached hydrogen (secondary N) is 3. The minimum Gasteiger partial charge on any atom is -0.497 e. The van der Waals surface area contributed by atoms with Crippen molar-refractivity contribution >= 4 is 17.5 Å². The summed E-state index contributed by atoms with van der Waals surface area (Å²) in [5.41, 5.74) is 1.96. The van der Waals surface area contributed by atoms with Crippen molar-refractivity contribution in [1.82, 2.24) is 20.4 Å². The van der Waals surface area contributed by atoms with E-state index in [1.807, 2.05) is 13.2 Å². The van der Waals surface area contributed by atoms with Crippen LogP contribution in [-0.4, -0.2) is 47.8 Å². The number of amides is 2. The van der Waals surface area contributed by atoms with Crippen molar-refractivity contribution in [3.63, 3.8) is 0 Å². The molecule has 2 aliphatic rings. The van der Waals surface area contributed by atoms with Gasteiger partial charge in [-0.25, -0.2) is 0 Å². The Hall–Kier alpha value is -2.87. The molecule has 2 aromatic rings. The van der Waals surface area contributed by atoms with Crippen LogP contribution in [-0.2, 0) is 11.8 Å². The summed E-state index contributed by atoms with van der Waals surface area (Å²) in [7, 11) is 3.42. The number of anilines is 1. The van der Waals surface area contributed by atoms with Crippen LogP contribution in [0.15, 0.2) is 30.6 Å². The lowest BCUT2D eigenvalue weighted by Crippen LogP contribution is -2.30. The van der Waals surface area contributed by atoms with Gasteiger partial charge in [-0.05, 0) is 36.6 Å². The van der Waals surface area contributed by atoms with Crippen LogP contribution < -0.4 is 20.7 Å². The highest BCUT2D eigenvalue weighted by molar-refractivity contribution is 6.05. The van der Waals surface area contributed by atoms with Crippen LogP contribution in [0.25, 0.3) is 0 Å². The highest BCUT2D eigenvalue weighted by Gasteiger charge is 2.35. The first-order valence-electron chi connectivity index (χ1n) is 9.54. The van der Waals surface area contributed by atoms with Crippen molar-refractivity contribution in [2.45, 2.75) is 24.8 Å². The number of hydrogen-bond acceptors (Lipinski definition) is 5. The third-order valence-electron chi connectivity index (χ3n) is 5.35. The summed E-state index contributed by atoms with van der Waals surface area (Å²) in [6.07, 6.45) is 5.75. The van der Waals surface area contributed by atoms with Crippen LogP contribution in [0.5, 0.6) is 5.75 Å². The molecule has 2 heterocycles. The van der Waals surface area contributed by atoms with Crippen LogP contribution in [0.4, 0.5) is 5.69 Å². The van der Waals surface area contributed by atoms with Gasteiger partial charge in [0.05, 0.1) is 30.5 Å². The van der Waals surface area contributed by atoms with Gasteiger partial charge < -0.3 is 20.7 Å². The summed E-state index contributed by atoms with van der Waals surface area (Å²) in [5, 5.41) is 13.4. The second kappa shape index (κ2) is 7.63. The predicted molar refractivity (Wildman–Crippen MR) is 104 cm³/mol. The second-order valence-electron chi connectivity index (χ2n) is 7.47. The Morgan fingerprint density at radius 2 is 2.11 bits per heavy atom. The molecule has 28 heavy (non-hydrogen) atoms. The van der Waals surface area contributed by atoms with E-state index in [2.05, 4.69) is 21.0 Å². The summed E-state index contributed by atoms with van der Waals surface area (Å²) in [5.74, 6) is 0.102. The molecule has 8 heteroatoms. The van der Waals surface area contributed by atoms with Gasteiger partial charge in [-0.2, -0.15) is 5.10 Å². The topological polar surface area (TPSA) is 97.3 Å². The largest absolute Gasteiger partial charge is 0.497 e. The zero-order chi connectivity index (χ0) is 19.7. The third kappa shape index (κ3) is 3.87. The van der Waals surface area contributed by atoms with Gasteiger partial charge in [0, 0.05) is 38.3 Å². The number of benzene rings is 1. The molecule has 1 aliphatic heterocycles. The molecule has 0 spiro atoms. The fraction of sp³-hybridized carbons (Fsp3) is 0.450. The molecule has 4 rings (SSSR count). The predicted octanol–water partition coefficient (Wildman–Crippen LogP) is 1.26. The molecule has 2 atom stereocenters. The fourth-order valence-electron chi connectivity index (χ4n) is 3.60. The van der Waals surface area contributed by atoms with Gasteiger partial charge >= 0.3 is 0 Å². The normalized spacial score (nSPS) is 21.4. The Balaban J connectivity index is 1.54. The molecule has 148 valence electrons. The average molecular weight is 383 g/mol. The maximum absolute atomic E-state index is 13.0. The molecule has 2 amide bonds. The van der Waals surface area contributed by atoms with Crippen LogP contribution in [0.3, 0.4) is 0 Å². The first-order chi connectivity index (χ1) is 13.5. The number of carbonyl (C=O) groups is 2. The smallest absolute Gasteiger partial charge is 0.253 e.